The van der Waals surface area contributed by atoms with Crippen LogP contribution >= 0.6 is 15.9 Å². The monoisotopic (exact) mass is 259 g/mol. The number of carboxylic acid groups (broad SMARTS) is 1. The quantitative estimate of drug-likeness (QED) is 0.798. The Morgan fingerprint density at radius 3 is 2.64 bits per heavy atom. The van der Waals surface area contributed by atoms with Crippen LogP contribution in [0, 0.1) is 6.92 Å². The molecule has 0 saturated carbocycles. The summed E-state index contributed by atoms with van der Waals surface area (Å²) in [6, 6.07) is 1.39. The maximum atomic E-state index is 10.8. The summed E-state index contributed by atoms with van der Waals surface area (Å²) in [6.07, 6.45) is 0. The molecule has 76 valence electrons. The highest BCUT2D eigenvalue weighted by atomic mass is 79.9. The molecule has 14 heavy (non-hydrogen) atoms. The molecule has 5 heteroatoms. The number of carbonyl (C=O) groups is 1. The summed E-state index contributed by atoms with van der Waals surface area (Å²) in [5.74, 6) is -0.765. The lowest BCUT2D eigenvalue weighted by atomic mass is 10.1. The second kappa shape index (κ2) is 3.88. The van der Waals surface area contributed by atoms with Crippen molar-refractivity contribution in [3.63, 3.8) is 0 Å². The highest BCUT2D eigenvalue weighted by Gasteiger charge is 2.17. The van der Waals surface area contributed by atoms with Crippen molar-refractivity contribution >= 4 is 27.6 Å². The zero-order valence-corrected chi connectivity index (χ0v) is 9.38. The van der Waals surface area contributed by atoms with Crippen LogP contribution in [0.5, 0.6) is 5.75 Å². The van der Waals surface area contributed by atoms with Crippen LogP contribution in [0.4, 0.5) is 5.69 Å². The molecule has 0 saturated heterocycles. The van der Waals surface area contributed by atoms with Gasteiger partial charge in [0.05, 0.1) is 11.6 Å². The molecule has 0 radical (unpaired) electrons. The van der Waals surface area contributed by atoms with Crippen molar-refractivity contribution in [1.29, 1.82) is 0 Å². The molecule has 1 aromatic rings. The van der Waals surface area contributed by atoms with E-state index in [2.05, 4.69) is 15.9 Å². The summed E-state index contributed by atoms with van der Waals surface area (Å²) >= 11 is 3.24. The highest BCUT2D eigenvalue weighted by molar-refractivity contribution is 9.10. The van der Waals surface area contributed by atoms with E-state index in [0.717, 1.165) is 5.56 Å². The summed E-state index contributed by atoms with van der Waals surface area (Å²) in [5.41, 5.74) is 6.89. The molecule has 0 heterocycles. The summed E-state index contributed by atoms with van der Waals surface area (Å²) < 4.78 is 5.57. The van der Waals surface area contributed by atoms with Gasteiger partial charge in [-0.2, -0.15) is 0 Å². The van der Waals surface area contributed by atoms with E-state index in [1.807, 2.05) is 0 Å². The molecule has 4 nitrogen and oxygen atoms in total. The molecule has 1 rings (SSSR count). The number of nitrogens with two attached hydrogens (primary N) is 1. The van der Waals surface area contributed by atoms with E-state index in [-0.39, 0.29) is 5.56 Å². The van der Waals surface area contributed by atoms with Crippen LogP contribution < -0.4 is 10.5 Å². The summed E-state index contributed by atoms with van der Waals surface area (Å²) in [6.45, 7) is 1.79. The first-order chi connectivity index (χ1) is 6.49. The van der Waals surface area contributed by atoms with Crippen molar-refractivity contribution in [2.24, 2.45) is 0 Å². The fraction of sp³-hybridized carbons (Fsp3) is 0.222. The number of benzene rings is 1. The minimum atomic E-state index is -1.06. The zero-order valence-electron chi connectivity index (χ0n) is 7.80. The Morgan fingerprint density at radius 2 is 2.21 bits per heavy atom. The number of anilines is 1. The molecule has 0 fully saturated rings. The number of carboxylic acids is 1. The normalized spacial score (nSPS) is 9.93. The highest BCUT2D eigenvalue weighted by Crippen LogP contribution is 2.35. The van der Waals surface area contributed by atoms with Gasteiger partial charge in [0.15, 0.2) is 0 Å². The maximum Gasteiger partial charge on any atom is 0.339 e. The second-order valence-electron chi connectivity index (χ2n) is 2.79. The molecular formula is C9H10BrNO3. The lowest BCUT2D eigenvalue weighted by molar-refractivity contribution is 0.0693. The number of aromatic carboxylic acids is 1. The number of hydrogen-bond donors (Lipinski definition) is 2. The van der Waals surface area contributed by atoms with Crippen molar-refractivity contribution < 1.29 is 14.6 Å². The van der Waals surface area contributed by atoms with Gasteiger partial charge in [0, 0.05) is 5.69 Å². The Labute approximate surface area is 89.8 Å². The molecule has 0 aliphatic carbocycles. The first kappa shape index (κ1) is 10.8. The first-order valence-electron chi connectivity index (χ1n) is 3.85. The smallest absolute Gasteiger partial charge is 0.339 e. The molecule has 0 aliphatic rings. The standard InChI is InChI=1S/C9H10BrNO3/c1-4-6(11)3-5(9(12)13)8(14-2)7(4)10/h3H,11H2,1-2H3,(H,12,13). The third-order valence-corrected chi connectivity index (χ3v) is 2.90. The zero-order chi connectivity index (χ0) is 10.9. The van der Waals surface area contributed by atoms with Crippen molar-refractivity contribution in [3.05, 3.63) is 21.7 Å². The predicted molar refractivity (Wildman–Crippen MR) is 56.8 cm³/mol. The molecule has 3 N–H and O–H groups in total. The Balaban J connectivity index is 3.51. The second-order valence-corrected chi connectivity index (χ2v) is 3.58. The van der Waals surface area contributed by atoms with Gasteiger partial charge in [-0.3, -0.25) is 0 Å². The van der Waals surface area contributed by atoms with E-state index in [0.29, 0.717) is 15.9 Å². The molecule has 0 amide bonds. The Bertz CT molecular complexity index is 390. The molecule has 0 aliphatic heterocycles. The van der Waals surface area contributed by atoms with E-state index in [1.165, 1.54) is 13.2 Å². The van der Waals surface area contributed by atoms with E-state index in [9.17, 15) is 4.79 Å². The minimum Gasteiger partial charge on any atom is -0.495 e. The fourth-order valence-electron chi connectivity index (χ4n) is 1.10. The van der Waals surface area contributed by atoms with Gasteiger partial charge < -0.3 is 15.6 Å². The molecular weight excluding hydrogens is 250 g/mol. The average Bonchev–Trinajstić information content (AvgIpc) is 2.13. The Hall–Kier alpha value is -1.23. The van der Waals surface area contributed by atoms with Crippen molar-refractivity contribution in [3.8, 4) is 5.75 Å². The molecule has 0 spiro atoms. The van der Waals surface area contributed by atoms with Crippen molar-refractivity contribution in [2.45, 2.75) is 6.92 Å². The molecule has 0 aromatic heterocycles. The number of hydrogen-bond acceptors (Lipinski definition) is 3. The van der Waals surface area contributed by atoms with Gasteiger partial charge in [-0.1, -0.05) is 0 Å². The number of ether oxygens (including phenoxy) is 1. The summed E-state index contributed by atoms with van der Waals surface area (Å²) in [5, 5.41) is 8.88. The largest absolute Gasteiger partial charge is 0.495 e. The third kappa shape index (κ3) is 1.68. The van der Waals surface area contributed by atoms with Crippen LogP contribution in [0.15, 0.2) is 10.5 Å². The SMILES string of the molecule is COc1c(C(=O)O)cc(N)c(C)c1Br. The van der Waals surface area contributed by atoms with Gasteiger partial charge >= 0.3 is 5.97 Å². The molecule has 0 atom stereocenters. The van der Waals surface area contributed by atoms with Crippen molar-refractivity contribution in [2.75, 3.05) is 12.8 Å². The fourth-order valence-corrected chi connectivity index (χ4v) is 1.71. The Kier molecular flexibility index (Phi) is 3.00. The van der Waals surface area contributed by atoms with Crippen LogP contribution in [-0.2, 0) is 0 Å². The maximum absolute atomic E-state index is 10.8. The van der Waals surface area contributed by atoms with Crippen LogP contribution in [0.1, 0.15) is 15.9 Å². The van der Waals surface area contributed by atoms with Gasteiger partial charge in [-0.05, 0) is 34.5 Å². The average molecular weight is 260 g/mol. The van der Waals surface area contributed by atoms with E-state index in [1.54, 1.807) is 6.92 Å². The van der Waals surface area contributed by atoms with E-state index >= 15 is 0 Å². The van der Waals surface area contributed by atoms with Crippen molar-refractivity contribution in [1.82, 2.24) is 0 Å². The topological polar surface area (TPSA) is 72.5 Å². The molecule has 0 unspecified atom stereocenters. The van der Waals surface area contributed by atoms with Gasteiger partial charge in [-0.25, -0.2) is 4.79 Å². The summed E-state index contributed by atoms with van der Waals surface area (Å²) in [4.78, 5) is 10.8. The van der Waals surface area contributed by atoms with Gasteiger partial charge in [0.25, 0.3) is 0 Å². The van der Waals surface area contributed by atoms with Crippen LogP contribution in [0.2, 0.25) is 0 Å². The van der Waals surface area contributed by atoms with Crippen LogP contribution in [0.25, 0.3) is 0 Å². The summed E-state index contributed by atoms with van der Waals surface area (Å²) in [7, 11) is 1.42. The van der Waals surface area contributed by atoms with E-state index < -0.39 is 5.97 Å². The predicted octanol–water partition coefficient (Wildman–Crippen LogP) is 2.05. The first-order valence-corrected chi connectivity index (χ1v) is 4.64. The van der Waals surface area contributed by atoms with Crippen LogP contribution in [-0.4, -0.2) is 18.2 Å². The van der Waals surface area contributed by atoms with Gasteiger partial charge in [-0.15, -0.1) is 0 Å². The van der Waals surface area contributed by atoms with E-state index in [4.69, 9.17) is 15.6 Å². The van der Waals surface area contributed by atoms with Gasteiger partial charge in [0.2, 0.25) is 0 Å². The number of rotatable bonds is 2. The molecule has 1 aromatic carbocycles. The van der Waals surface area contributed by atoms with Gasteiger partial charge in [0.1, 0.15) is 11.3 Å². The third-order valence-electron chi connectivity index (χ3n) is 1.94. The van der Waals surface area contributed by atoms with Crippen LogP contribution in [0.3, 0.4) is 0 Å². The molecule has 0 bridgehead atoms. The number of nitrogen functional groups attached to an aromatic ring is 1. The number of methoxy groups -OCH3 is 1. The lowest BCUT2D eigenvalue weighted by Crippen LogP contribution is -2.04. The Morgan fingerprint density at radius 1 is 1.64 bits per heavy atom. The minimum absolute atomic E-state index is 0.0578. The number of halogens is 1. The lowest BCUT2D eigenvalue weighted by Gasteiger charge is -2.11.